The SMILES string of the molecule is C[C@@H]1CNCC[C@H]1c1cc(F)cc2ccoc12.Cl. The topological polar surface area (TPSA) is 25.2 Å². The van der Waals surface area contributed by atoms with Gasteiger partial charge in [0.25, 0.3) is 0 Å². The second-order valence-corrected chi connectivity index (χ2v) is 4.91. The molecular formula is C14H17ClFNO. The molecule has 0 amide bonds. The molecule has 0 radical (unpaired) electrons. The lowest BCUT2D eigenvalue weighted by Crippen LogP contribution is -2.33. The maximum atomic E-state index is 13.6. The molecule has 3 rings (SSSR count). The number of piperidine rings is 1. The molecule has 0 spiro atoms. The van der Waals surface area contributed by atoms with Crippen molar-refractivity contribution in [2.75, 3.05) is 13.1 Å². The summed E-state index contributed by atoms with van der Waals surface area (Å²) in [7, 11) is 0. The maximum Gasteiger partial charge on any atom is 0.137 e. The fraction of sp³-hybridized carbons (Fsp3) is 0.429. The molecule has 18 heavy (non-hydrogen) atoms. The van der Waals surface area contributed by atoms with E-state index >= 15 is 0 Å². The minimum Gasteiger partial charge on any atom is -0.464 e. The first-order chi connectivity index (χ1) is 8.25. The van der Waals surface area contributed by atoms with Crippen LogP contribution in [0, 0.1) is 11.7 Å². The van der Waals surface area contributed by atoms with Gasteiger partial charge in [-0.2, -0.15) is 0 Å². The molecule has 2 nitrogen and oxygen atoms in total. The standard InChI is InChI=1S/C14H16FNO.ClH/c1-9-8-16-4-2-12(9)13-7-11(15)6-10-3-5-17-14(10)13;/h3,5-7,9,12,16H,2,4,8H2,1H3;1H/t9-,12-;/m1./s1. The summed E-state index contributed by atoms with van der Waals surface area (Å²) in [5.41, 5.74) is 1.88. The Morgan fingerprint density at radius 2 is 2.22 bits per heavy atom. The molecule has 1 aliphatic heterocycles. The van der Waals surface area contributed by atoms with Crippen LogP contribution in [0.5, 0.6) is 0 Å². The Balaban J connectivity index is 0.00000120. The van der Waals surface area contributed by atoms with E-state index in [-0.39, 0.29) is 18.2 Å². The van der Waals surface area contributed by atoms with Crippen LogP contribution in [0.3, 0.4) is 0 Å². The summed E-state index contributed by atoms with van der Waals surface area (Å²) in [6.45, 7) is 4.19. The van der Waals surface area contributed by atoms with Crippen LogP contribution in [0.2, 0.25) is 0 Å². The highest BCUT2D eigenvalue weighted by atomic mass is 35.5. The number of benzene rings is 1. The van der Waals surface area contributed by atoms with Gasteiger partial charge in [-0.15, -0.1) is 12.4 Å². The molecule has 1 aliphatic rings. The highest BCUT2D eigenvalue weighted by molar-refractivity contribution is 5.85. The van der Waals surface area contributed by atoms with E-state index in [0.717, 1.165) is 36.0 Å². The van der Waals surface area contributed by atoms with Crippen LogP contribution in [0.1, 0.15) is 24.8 Å². The molecule has 1 fully saturated rings. The molecular weight excluding hydrogens is 253 g/mol. The van der Waals surface area contributed by atoms with Crippen LogP contribution in [-0.2, 0) is 0 Å². The summed E-state index contributed by atoms with van der Waals surface area (Å²) in [4.78, 5) is 0. The minimum absolute atomic E-state index is 0. The molecule has 1 N–H and O–H groups in total. The van der Waals surface area contributed by atoms with Crippen molar-refractivity contribution in [3.63, 3.8) is 0 Å². The third kappa shape index (κ3) is 2.25. The first kappa shape index (κ1) is 13.4. The predicted molar refractivity (Wildman–Crippen MR) is 72.8 cm³/mol. The van der Waals surface area contributed by atoms with Gasteiger partial charge < -0.3 is 9.73 Å². The molecule has 2 aromatic rings. The number of hydrogen-bond donors (Lipinski definition) is 1. The minimum atomic E-state index is -0.167. The van der Waals surface area contributed by atoms with Crippen LogP contribution >= 0.6 is 12.4 Å². The van der Waals surface area contributed by atoms with Gasteiger partial charge in [0.2, 0.25) is 0 Å². The number of furan rings is 1. The van der Waals surface area contributed by atoms with Gasteiger partial charge in [-0.25, -0.2) is 4.39 Å². The third-order valence-corrected chi connectivity index (χ3v) is 3.73. The molecule has 2 heterocycles. The molecule has 98 valence electrons. The van der Waals surface area contributed by atoms with Crippen molar-refractivity contribution < 1.29 is 8.81 Å². The Labute approximate surface area is 112 Å². The summed E-state index contributed by atoms with van der Waals surface area (Å²) in [6, 6.07) is 5.00. The van der Waals surface area contributed by atoms with Crippen molar-refractivity contribution in [3.05, 3.63) is 35.8 Å². The molecule has 1 aromatic heterocycles. The zero-order chi connectivity index (χ0) is 11.8. The summed E-state index contributed by atoms with van der Waals surface area (Å²) >= 11 is 0. The van der Waals surface area contributed by atoms with E-state index in [1.54, 1.807) is 12.3 Å². The van der Waals surface area contributed by atoms with Gasteiger partial charge in [-0.3, -0.25) is 0 Å². The molecule has 0 saturated carbocycles. The van der Waals surface area contributed by atoms with Crippen LogP contribution in [0.25, 0.3) is 11.0 Å². The first-order valence-electron chi connectivity index (χ1n) is 6.13. The van der Waals surface area contributed by atoms with Gasteiger partial charge in [0.05, 0.1) is 6.26 Å². The van der Waals surface area contributed by atoms with Crippen molar-refractivity contribution in [1.29, 1.82) is 0 Å². The lowest BCUT2D eigenvalue weighted by Gasteiger charge is -2.29. The average Bonchev–Trinajstić information content (AvgIpc) is 2.76. The Bertz CT molecular complexity index is 540. The number of nitrogens with one attached hydrogen (secondary N) is 1. The van der Waals surface area contributed by atoms with Crippen molar-refractivity contribution in [2.24, 2.45) is 5.92 Å². The van der Waals surface area contributed by atoms with E-state index in [4.69, 9.17) is 4.42 Å². The molecule has 0 bridgehead atoms. The van der Waals surface area contributed by atoms with Crippen molar-refractivity contribution >= 4 is 23.4 Å². The van der Waals surface area contributed by atoms with E-state index in [2.05, 4.69) is 12.2 Å². The molecule has 0 aliphatic carbocycles. The lowest BCUT2D eigenvalue weighted by atomic mass is 9.82. The van der Waals surface area contributed by atoms with E-state index in [9.17, 15) is 4.39 Å². The van der Waals surface area contributed by atoms with Crippen LogP contribution in [0.15, 0.2) is 28.9 Å². The molecule has 1 aromatic carbocycles. The van der Waals surface area contributed by atoms with Gasteiger partial charge in [0, 0.05) is 10.9 Å². The first-order valence-corrected chi connectivity index (χ1v) is 6.13. The molecule has 0 unspecified atom stereocenters. The van der Waals surface area contributed by atoms with E-state index in [0.29, 0.717) is 11.8 Å². The number of halogens is 2. The van der Waals surface area contributed by atoms with Gasteiger partial charge >= 0.3 is 0 Å². The summed E-state index contributed by atoms with van der Waals surface area (Å²) in [5.74, 6) is 0.735. The molecule has 2 atom stereocenters. The quantitative estimate of drug-likeness (QED) is 0.854. The van der Waals surface area contributed by atoms with Crippen LogP contribution < -0.4 is 5.32 Å². The lowest BCUT2D eigenvalue weighted by molar-refractivity contribution is 0.348. The zero-order valence-electron chi connectivity index (χ0n) is 10.3. The largest absolute Gasteiger partial charge is 0.464 e. The highest BCUT2D eigenvalue weighted by Gasteiger charge is 2.25. The van der Waals surface area contributed by atoms with Crippen molar-refractivity contribution in [1.82, 2.24) is 5.32 Å². The van der Waals surface area contributed by atoms with E-state index in [1.807, 2.05) is 6.07 Å². The summed E-state index contributed by atoms with van der Waals surface area (Å²) in [5, 5.41) is 4.23. The second-order valence-electron chi connectivity index (χ2n) is 4.91. The molecule has 4 heteroatoms. The van der Waals surface area contributed by atoms with E-state index in [1.165, 1.54) is 6.07 Å². The monoisotopic (exact) mass is 269 g/mol. The van der Waals surface area contributed by atoms with Crippen molar-refractivity contribution in [3.8, 4) is 0 Å². The predicted octanol–water partition coefficient (Wildman–Crippen LogP) is 3.71. The fourth-order valence-corrected chi connectivity index (χ4v) is 2.82. The fourth-order valence-electron chi connectivity index (χ4n) is 2.82. The number of rotatable bonds is 1. The van der Waals surface area contributed by atoms with Crippen LogP contribution in [-0.4, -0.2) is 13.1 Å². The Morgan fingerprint density at radius 3 is 3.00 bits per heavy atom. The average molecular weight is 270 g/mol. The van der Waals surface area contributed by atoms with Gasteiger partial charge in [0.1, 0.15) is 11.4 Å². The Kier molecular flexibility index (Phi) is 3.93. The van der Waals surface area contributed by atoms with Gasteiger partial charge in [-0.1, -0.05) is 6.92 Å². The second kappa shape index (κ2) is 5.29. The Hall–Kier alpha value is -1.06. The third-order valence-electron chi connectivity index (χ3n) is 3.73. The normalized spacial score (nSPS) is 23.9. The smallest absolute Gasteiger partial charge is 0.137 e. The molecule has 1 saturated heterocycles. The van der Waals surface area contributed by atoms with Crippen molar-refractivity contribution in [2.45, 2.75) is 19.3 Å². The maximum absolute atomic E-state index is 13.6. The van der Waals surface area contributed by atoms with Gasteiger partial charge in [-0.05, 0) is 49.5 Å². The summed E-state index contributed by atoms with van der Waals surface area (Å²) < 4.78 is 19.1. The number of hydrogen-bond acceptors (Lipinski definition) is 2. The van der Waals surface area contributed by atoms with Crippen LogP contribution in [0.4, 0.5) is 4.39 Å². The number of fused-ring (bicyclic) bond motifs is 1. The Morgan fingerprint density at radius 1 is 1.39 bits per heavy atom. The zero-order valence-corrected chi connectivity index (χ0v) is 11.1. The van der Waals surface area contributed by atoms with E-state index < -0.39 is 0 Å². The highest BCUT2D eigenvalue weighted by Crippen LogP contribution is 2.35. The van der Waals surface area contributed by atoms with Gasteiger partial charge in [0.15, 0.2) is 0 Å². The summed E-state index contributed by atoms with van der Waals surface area (Å²) in [6.07, 6.45) is 2.68.